The van der Waals surface area contributed by atoms with Gasteiger partial charge in [0.05, 0.1) is 0 Å². The van der Waals surface area contributed by atoms with Crippen LogP contribution in [0.4, 0.5) is 0 Å². The summed E-state index contributed by atoms with van der Waals surface area (Å²) in [5, 5.41) is 0.491. The van der Waals surface area contributed by atoms with Gasteiger partial charge in [0.15, 0.2) is 0 Å². The number of ether oxygens (including phenoxy) is 1. The molecule has 1 aromatic carbocycles. The van der Waals surface area contributed by atoms with Crippen LogP contribution in [0.15, 0.2) is 24.8 Å². The Kier molecular flexibility index (Phi) is 3.09. The van der Waals surface area contributed by atoms with Crippen molar-refractivity contribution in [2.75, 3.05) is 0 Å². The summed E-state index contributed by atoms with van der Waals surface area (Å²) in [6.45, 7) is 4.80. The van der Waals surface area contributed by atoms with Crippen LogP contribution >= 0.6 is 11.6 Å². The van der Waals surface area contributed by atoms with Crippen LogP contribution in [0, 0.1) is 6.08 Å². The highest BCUT2D eigenvalue weighted by Gasteiger charge is 2.00. The van der Waals surface area contributed by atoms with Crippen LogP contribution < -0.4 is 4.74 Å². The van der Waals surface area contributed by atoms with E-state index in [1.54, 1.807) is 18.2 Å². The number of hydrogen-bond acceptors (Lipinski definition) is 2. The summed E-state index contributed by atoms with van der Waals surface area (Å²) in [6.07, 6.45) is 2.66. The van der Waals surface area contributed by atoms with Gasteiger partial charge in [0.25, 0.3) is 0 Å². The molecule has 0 saturated heterocycles. The van der Waals surface area contributed by atoms with Gasteiger partial charge in [-0.15, -0.1) is 0 Å². The average molecular weight is 196 g/mol. The van der Waals surface area contributed by atoms with E-state index in [9.17, 15) is 4.79 Å². The molecule has 0 N–H and O–H groups in total. The summed E-state index contributed by atoms with van der Waals surface area (Å²) < 4.78 is 4.85. The van der Waals surface area contributed by atoms with Crippen LogP contribution in [0.25, 0.3) is 0 Å². The molecule has 1 aromatic rings. The fraction of sp³-hybridized carbons (Fsp3) is 0.100. The van der Waals surface area contributed by atoms with E-state index in [-0.39, 0.29) is 5.97 Å². The first-order valence-corrected chi connectivity index (χ1v) is 4.01. The Bertz CT molecular complexity index is 345. The fourth-order valence-electron chi connectivity index (χ4n) is 0.890. The molecule has 0 aromatic heterocycles. The van der Waals surface area contributed by atoms with Crippen molar-refractivity contribution in [3.8, 4) is 5.75 Å². The number of carbonyl (C=O) groups is 1. The Labute approximate surface area is 81.8 Å². The molecular formula is C10H8ClO2. The lowest BCUT2D eigenvalue weighted by Gasteiger charge is -2.02. The summed E-state index contributed by atoms with van der Waals surface area (Å²) in [4.78, 5) is 10.6. The Morgan fingerprint density at radius 1 is 1.54 bits per heavy atom. The molecule has 0 unspecified atom stereocenters. The first kappa shape index (κ1) is 9.81. The second-order valence-corrected chi connectivity index (χ2v) is 2.88. The molecule has 3 heteroatoms. The standard InChI is InChI=1S/C10H8ClO2/c1-3-8-4-9(11)6-10(5-8)13-7(2)12/h4-6H,1H2,2H3. The van der Waals surface area contributed by atoms with Gasteiger partial charge in [0.2, 0.25) is 0 Å². The Morgan fingerprint density at radius 2 is 2.23 bits per heavy atom. The Balaban J connectivity index is 3.01. The zero-order chi connectivity index (χ0) is 9.84. The quantitative estimate of drug-likeness (QED) is 0.536. The molecule has 0 aliphatic heterocycles. The number of halogens is 1. The van der Waals surface area contributed by atoms with Crippen LogP contribution in [0.2, 0.25) is 5.02 Å². The van der Waals surface area contributed by atoms with E-state index in [1.165, 1.54) is 6.92 Å². The molecule has 0 atom stereocenters. The maximum atomic E-state index is 10.6. The second kappa shape index (κ2) is 4.10. The van der Waals surface area contributed by atoms with Gasteiger partial charge in [-0.05, 0) is 29.8 Å². The van der Waals surface area contributed by atoms with Crippen molar-refractivity contribution in [3.05, 3.63) is 41.4 Å². The summed E-state index contributed by atoms with van der Waals surface area (Å²) in [5.74, 6) is 0.0310. The number of esters is 1. The number of benzene rings is 1. The third kappa shape index (κ3) is 2.92. The first-order chi connectivity index (χ1) is 6.11. The van der Waals surface area contributed by atoms with Crippen LogP contribution in [0.3, 0.4) is 0 Å². The van der Waals surface area contributed by atoms with E-state index in [0.29, 0.717) is 16.3 Å². The topological polar surface area (TPSA) is 26.3 Å². The van der Waals surface area contributed by atoms with E-state index in [0.717, 1.165) is 0 Å². The Morgan fingerprint density at radius 3 is 2.77 bits per heavy atom. The molecule has 0 bridgehead atoms. The van der Waals surface area contributed by atoms with Gasteiger partial charge in [-0.25, -0.2) is 0 Å². The Hall–Kier alpha value is -1.28. The predicted octanol–water partition coefficient (Wildman–Crippen LogP) is 2.60. The zero-order valence-electron chi connectivity index (χ0n) is 7.13. The predicted molar refractivity (Wildman–Crippen MR) is 50.7 cm³/mol. The highest BCUT2D eigenvalue weighted by atomic mass is 35.5. The molecule has 0 heterocycles. The molecule has 0 aliphatic carbocycles. The molecule has 0 spiro atoms. The van der Waals surface area contributed by atoms with Crippen molar-refractivity contribution in [2.24, 2.45) is 0 Å². The van der Waals surface area contributed by atoms with E-state index < -0.39 is 0 Å². The number of rotatable bonds is 2. The summed E-state index contributed by atoms with van der Waals surface area (Å²) in [5.41, 5.74) is 0.698. The monoisotopic (exact) mass is 195 g/mol. The van der Waals surface area contributed by atoms with Gasteiger partial charge in [0, 0.05) is 11.9 Å². The number of hydrogen-bond donors (Lipinski definition) is 0. The van der Waals surface area contributed by atoms with E-state index in [1.807, 2.05) is 0 Å². The van der Waals surface area contributed by atoms with Gasteiger partial charge >= 0.3 is 5.97 Å². The third-order valence-corrected chi connectivity index (χ3v) is 1.56. The van der Waals surface area contributed by atoms with E-state index in [4.69, 9.17) is 16.3 Å². The largest absolute Gasteiger partial charge is 0.427 e. The molecule has 67 valence electrons. The maximum Gasteiger partial charge on any atom is 0.308 e. The molecular weight excluding hydrogens is 188 g/mol. The van der Waals surface area contributed by atoms with Crippen molar-refractivity contribution >= 4 is 17.6 Å². The third-order valence-electron chi connectivity index (χ3n) is 1.34. The lowest BCUT2D eigenvalue weighted by atomic mass is 10.2. The maximum absolute atomic E-state index is 10.6. The molecule has 1 radical (unpaired) electrons. The zero-order valence-corrected chi connectivity index (χ0v) is 7.89. The molecule has 0 aliphatic rings. The number of carbonyl (C=O) groups excluding carboxylic acids is 1. The van der Waals surface area contributed by atoms with Gasteiger partial charge < -0.3 is 4.74 Å². The van der Waals surface area contributed by atoms with E-state index >= 15 is 0 Å². The minimum Gasteiger partial charge on any atom is -0.427 e. The van der Waals surface area contributed by atoms with E-state index in [2.05, 4.69) is 12.7 Å². The van der Waals surface area contributed by atoms with Crippen LogP contribution in [-0.2, 0) is 4.79 Å². The summed E-state index contributed by atoms with van der Waals surface area (Å²) >= 11 is 5.75. The minimum absolute atomic E-state index is 0.378. The smallest absolute Gasteiger partial charge is 0.308 e. The van der Waals surface area contributed by atoms with Crippen LogP contribution in [-0.4, -0.2) is 5.97 Å². The van der Waals surface area contributed by atoms with Crippen molar-refractivity contribution in [3.63, 3.8) is 0 Å². The molecule has 1 rings (SSSR count). The molecule has 0 fully saturated rings. The van der Waals surface area contributed by atoms with Gasteiger partial charge in [0.1, 0.15) is 5.75 Å². The minimum atomic E-state index is -0.378. The lowest BCUT2D eigenvalue weighted by Crippen LogP contribution is -2.01. The molecule has 0 saturated carbocycles. The first-order valence-electron chi connectivity index (χ1n) is 3.64. The van der Waals surface area contributed by atoms with Crippen molar-refractivity contribution in [2.45, 2.75) is 6.92 Å². The van der Waals surface area contributed by atoms with Crippen LogP contribution in [0.5, 0.6) is 5.75 Å². The van der Waals surface area contributed by atoms with Gasteiger partial charge in [-0.1, -0.05) is 18.2 Å². The van der Waals surface area contributed by atoms with Crippen molar-refractivity contribution < 1.29 is 9.53 Å². The van der Waals surface area contributed by atoms with Gasteiger partial charge in [-0.2, -0.15) is 0 Å². The van der Waals surface area contributed by atoms with Crippen molar-refractivity contribution in [1.82, 2.24) is 0 Å². The summed E-state index contributed by atoms with van der Waals surface area (Å²) in [6, 6.07) is 4.88. The molecule has 0 amide bonds. The normalized spacial score (nSPS) is 9.38. The highest BCUT2D eigenvalue weighted by Crippen LogP contribution is 2.20. The fourth-order valence-corrected chi connectivity index (χ4v) is 1.11. The second-order valence-electron chi connectivity index (χ2n) is 2.45. The lowest BCUT2D eigenvalue weighted by molar-refractivity contribution is -0.131. The highest BCUT2D eigenvalue weighted by molar-refractivity contribution is 6.30. The SMILES string of the molecule is C=[C]c1cc(Cl)cc(OC(C)=O)c1. The summed E-state index contributed by atoms with van der Waals surface area (Å²) in [7, 11) is 0. The van der Waals surface area contributed by atoms with Gasteiger partial charge in [-0.3, -0.25) is 4.79 Å². The average Bonchev–Trinajstić information content (AvgIpc) is 2.01. The molecule has 13 heavy (non-hydrogen) atoms. The molecule has 2 nitrogen and oxygen atoms in total. The van der Waals surface area contributed by atoms with Crippen LogP contribution in [0.1, 0.15) is 12.5 Å². The van der Waals surface area contributed by atoms with Crippen molar-refractivity contribution in [1.29, 1.82) is 0 Å².